The molecule has 0 spiro atoms. The quantitative estimate of drug-likeness (QED) is 0.835. The first-order valence-corrected chi connectivity index (χ1v) is 7.31. The lowest BCUT2D eigenvalue weighted by Gasteiger charge is -2.46. The molecule has 1 aromatic heterocycles. The summed E-state index contributed by atoms with van der Waals surface area (Å²) in [4.78, 5) is 9.66. The van der Waals surface area contributed by atoms with Crippen molar-refractivity contribution in [2.24, 2.45) is 5.73 Å². The molecule has 1 aliphatic carbocycles. The molecule has 1 unspecified atom stereocenters. The Morgan fingerprint density at radius 1 is 1.26 bits per heavy atom. The molecule has 2 N–H and O–H groups in total. The van der Waals surface area contributed by atoms with Crippen LogP contribution >= 0.6 is 0 Å². The zero-order chi connectivity index (χ0) is 12.9. The van der Waals surface area contributed by atoms with E-state index in [4.69, 9.17) is 15.2 Å². The molecule has 3 aliphatic heterocycles. The van der Waals surface area contributed by atoms with Crippen LogP contribution in [0, 0.1) is 0 Å². The van der Waals surface area contributed by atoms with Gasteiger partial charge < -0.3 is 10.3 Å². The predicted molar refractivity (Wildman–Crippen MR) is 69.6 cm³/mol. The first-order valence-electron chi connectivity index (χ1n) is 7.31. The minimum absolute atomic E-state index is 0.0193. The second kappa shape index (κ2) is 4.26. The molecule has 1 atom stereocenters. The zero-order valence-corrected chi connectivity index (χ0v) is 11.2. The maximum Gasteiger partial charge on any atom is 0.234 e. The molecule has 4 aliphatic rings. The van der Waals surface area contributed by atoms with Crippen molar-refractivity contribution in [3.05, 3.63) is 11.7 Å². The van der Waals surface area contributed by atoms with Gasteiger partial charge in [0.15, 0.2) is 5.82 Å². The summed E-state index contributed by atoms with van der Waals surface area (Å²) in [5, 5.41) is 4.24. The Bertz CT molecular complexity index is 456. The van der Waals surface area contributed by atoms with Crippen LogP contribution in [0.4, 0.5) is 0 Å². The van der Waals surface area contributed by atoms with Gasteiger partial charge in [-0.25, -0.2) is 0 Å². The Hall–Kier alpha value is -0.980. The molecule has 0 amide bonds. The highest BCUT2D eigenvalue weighted by molar-refractivity contribution is 5.13. The minimum atomic E-state index is -0.0193. The van der Waals surface area contributed by atoms with Crippen molar-refractivity contribution in [2.75, 3.05) is 39.3 Å². The number of piperazine rings is 3. The average Bonchev–Trinajstić information content (AvgIpc) is 2.89. The SMILES string of the molecule is NCC1(c2nc(C3CN4CCN3CC4)no2)CCC1. The number of nitrogens with two attached hydrogens (primary N) is 1. The Kier molecular flexibility index (Phi) is 2.65. The standard InChI is InChI=1S/C13H21N5O/c14-9-13(2-1-3-13)12-15-11(16-19-12)10-8-17-4-6-18(10)7-5-17/h10H,1-9,14H2. The van der Waals surface area contributed by atoms with Crippen LogP contribution in [-0.4, -0.2) is 59.2 Å². The van der Waals surface area contributed by atoms with E-state index in [1.54, 1.807) is 0 Å². The largest absolute Gasteiger partial charge is 0.339 e. The third-order valence-corrected chi connectivity index (χ3v) is 5.17. The fourth-order valence-corrected chi connectivity index (χ4v) is 3.56. The van der Waals surface area contributed by atoms with Gasteiger partial charge in [0, 0.05) is 39.3 Å². The second-order valence-corrected chi connectivity index (χ2v) is 6.15. The fourth-order valence-electron chi connectivity index (χ4n) is 3.56. The van der Waals surface area contributed by atoms with E-state index in [0.717, 1.165) is 44.2 Å². The van der Waals surface area contributed by atoms with Crippen LogP contribution in [0.1, 0.15) is 37.0 Å². The summed E-state index contributed by atoms with van der Waals surface area (Å²) in [6.45, 7) is 6.25. The molecule has 1 aromatic rings. The summed E-state index contributed by atoms with van der Waals surface area (Å²) in [7, 11) is 0. The lowest BCUT2D eigenvalue weighted by molar-refractivity contribution is 0.00780. The highest BCUT2D eigenvalue weighted by Crippen LogP contribution is 2.42. The lowest BCUT2D eigenvalue weighted by atomic mass is 9.69. The Balaban J connectivity index is 1.58. The number of fused-ring (bicyclic) bond motifs is 3. The Morgan fingerprint density at radius 3 is 2.58 bits per heavy atom. The molecule has 4 fully saturated rings. The van der Waals surface area contributed by atoms with Crippen molar-refractivity contribution in [3.63, 3.8) is 0 Å². The van der Waals surface area contributed by atoms with Crippen LogP contribution < -0.4 is 5.73 Å². The molecule has 0 aromatic carbocycles. The topological polar surface area (TPSA) is 71.4 Å². The molecule has 6 nitrogen and oxygen atoms in total. The van der Waals surface area contributed by atoms with Crippen LogP contribution in [-0.2, 0) is 5.41 Å². The average molecular weight is 263 g/mol. The van der Waals surface area contributed by atoms with Gasteiger partial charge in [-0.05, 0) is 12.8 Å². The molecule has 6 heteroatoms. The smallest absolute Gasteiger partial charge is 0.234 e. The van der Waals surface area contributed by atoms with E-state index in [2.05, 4.69) is 15.0 Å². The van der Waals surface area contributed by atoms with E-state index < -0.39 is 0 Å². The van der Waals surface area contributed by atoms with E-state index in [1.165, 1.54) is 19.5 Å². The maximum absolute atomic E-state index is 5.90. The Labute approximate surface area is 112 Å². The molecule has 2 bridgehead atoms. The molecule has 104 valence electrons. The van der Waals surface area contributed by atoms with Crippen molar-refractivity contribution in [2.45, 2.75) is 30.7 Å². The number of hydrogen-bond acceptors (Lipinski definition) is 6. The summed E-state index contributed by atoms with van der Waals surface area (Å²) < 4.78 is 5.54. The van der Waals surface area contributed by atoms with Gasteiger partial charge in [0.05, 0.1) is 11.5 Å². The van der Waals surface area contributed by atoms with Gasteiger partial charge in [-0.1, -0.05) is 11.6 Å². The van der Waals surface area contributed by atoms with Crippen LogP contribution in [0.3, 0.4) is 0 Å². The number of aromatic nitrogens is 2. The summed E-state index contributed by atoms with van der Waals surface area (Å²) in [5.41, 5.74) is 5.88. The van der Waals surface area contributed by atoms with Gasteiger partial charge in [-0.2, -0.15) is 4.98 Å². The van der Waals surface area contributed by atoms with Crippen molar-refractivity contribution in [3.8, 4) is 0 Å². The van der Waals surface area contributed by atoms with Gasteiger partial charge in [-0.15, -0.1) is 0 Å². The van der Waals surface area contributed by atoms with Crippen molar-refractivity contribution in [1.29, 1.82) is 0 Å². The molecule has 5 rings (SSSR count). The van der Waals surface area contributed by atoms with Crippen molar-refractivity contribution < 1.29 is 4.52 Å². The molecule has 4 heterocycles. The van der Waals surface area contributed by atoms with Gasteiger partial charge in [0.2, 0.25) is 5.89 Å². The van der Waals surface area contributed by atoms with Crippen molar-refractivity contribution >= 4 is 0 Å². The third-order valence-electron chi connectivity index (χ3n) is 5.17. The number of hydrogen-bond donors (Lipinski definition) is 1. The van der Waals surface area contributed by atoms with Gasteiger partial charge in [-0.3, -0.25) is 9.80 Å². The fraction of sp³-hybridized carbons (Fsp3) is 0.846. The highest BCUT2D eigenvalue weighted by Gasteiger charge is 2.44. The van der Waals surface area contributed by atoms with Crippen molar-refractivity contribution in [1.82, 2.24) is 19.9 Å². The summed E-state index contributed by atoms with van der Waals surface area (Å²) >= 11 is 0. The predicted octanol–water partition coefficient (Wildman–Crippen LogP) is 0.122. The van der Waals surface area contributed by atoms with E-state index >= 15 is 0 Å². The van der Waals surface area contributed by atoms with E-state index in [0.29, 0.717) is 12.6 Å². The molecular formula is C13H21N5O. The van der Waals surface area contributed by atoms with Crippen LogP contribution in [0.5, 0.6) is 0 Å². The van der Waals surface area contributed by atoms with E-state index in [-0.39, 0.29) is 5.41 Å². The minimum Gasteiger partial charge on any atom is -0.339 e. The summed E-state index contributed by atoms with van der Waals surface area (Å²) in [5.74, 6) is 1.63. The highest BCUT2D eigenvalue weighted by atomic mass is 16.5. The van der Waals surface area contributed by atoms with Crippen LogP contribution in [0.15, 0.2) is 4.52 Å². The first kappa shape index (κ1) is 11.8. The van der Waals surface area contributed by atoms with Crippen LogP contribution in [0.25, 0.3) is 0 Å². The maximum atomic E-state index is 5.90. The summed E-state index contributed by atoms with van der Waals surface area (Å²) in [6, 6.07) is 0.315. The van der Waals surface area contributed by atoms with Crippen LogP contribution in [0.2, 0.25) is 0 Å². The van der Waals surface area contributed by atoms with Gasteiger partial charge in [0.1, 0.15) is 0 Å². The van der Waals surface area contributed by atoms with Gasteiger partial charge >= 0.3 is 0 Å². The number of nitrogens with zero attached hydrogens (tertiary/aromatic N) is 4. The normalized spacial score (nSPS) is 36.2. The van der Waals surface area contributed by atoms with E-state index in [9.17, 15) is 0 Å². The molecular weight excluding hydrogens is 242 g/mol. The molecule has 3 saturated heterocycles. The lowest BCUT2D eigenvalue weighted by Crippen LogP contribution is -2.57. The molecule has 19 heavy (non-hydrogen) atoms. The van der Waals surface area contributed by atoms with E-state index in [1.807, 2.05) is 0 Å². The Morgan fingerprint density at radius 2 is 2.05 bits per heavy atom. The monoisotopic (exact) mass is 263 g/mol. The van der Waals surface area contributed by atoms with Gasteiger partial charge in [0.25, 0.3) is 0 Å². The number of rotatable bonds is 3. The molecule has 1 saturated carbocycles. The third kappa shape index (κ3) is 1.74. The first-order chi connectivity index (χ1) is 9.31. The summed E-state index contributed by atoms with van der Waals surface area (Å²) in [6.07, 6.45) is 3.40. The molecule has 0 radical (unpaired) electrons. The second-order valence-electron chi connectivity index (χ2n) is 6.15. The zero-order valence-electron chi connectivity index (χ0n) is 11.2.